The van der Waals surface area contributed by atoms with Crippen LogP contribution in [0.2, 0.25) is 0 Å². The molecule has 0 aliphatic heterocycles. The Kier molecular flexibility index (Phi) is 7.82. The lowest BCUT2D eigenvalue weighted by Crippen LogP contribution is -2.34. The lowest BCUT2D eigenvalue weighted by molar-refractivity contribution is 0.0948. The van der Waals surface area contributed by atoms with E-state index in [0.29, 0.717) is 29.1 Å². The molecule has 6 nitrogen and oxygen atoms in total. The number of benzene rings is 2. The zero-order valence-corrected chi connectivity index (χ0v) is 16.1. The van der Waals surface area contributed by atoms with E-state index in [1.165, 1.54) is 0 Å². The third kappa shape index (κ3) is 6.11. The van der Waals surface area contributed by atoms with Crippen LogP contribution in [0, 0.1) is 0 Å². The molecule has 0 aliphatic rings. The molecule has 2 aromatic carbocycles. The van der Waals surface area contributed by atoms with Gasteiger partial charge < -0.3 is 20.3 Å². The number of anilines is 1. The van der Waals surface area contributed by atoms with Crippen molar-refractivity contribution in [2.75, 3.05) is 38.6 Å². The van der Waals surface area contributed by atoms with Crippen LogP contribution in [0.1, 0.15) is 34.6 Å². The summed E-state index contributed by atoms with van der Waals surface area (Å²) < 4.78 is 5.08. The molecule has 0 saturated carbocycles. The quantitative estimate of drug-likeness (QED) is 0.713. The Hall–Kier alpha value is -2.86. The van der Waals surface area contributed by atoms with Gasteiger partial charge in [0.15, 0.2) is 0 Å². The fourth-order valence-electron chi connectivity index (χ4n) is 2.62. The van der Waals surface area contributed by atoms with Gasteiger partial charge in [0.25, 0.3) is 11.8 Å². The number of likely N-dealkylation sites (N-methyl/N-ethyl adjacent to an activating group) is 1. The summed E-state index contributed by atoms with van der Waals surface area (Å²) in [6.07, 6.45) is 0. The molecular weight excluding hydrogens is 342 g/mol. The molecule has 0 radical (unpaired) electrons. The number of hydrogen-bond donors (Lipinski definition) is 2. The molecule has 0 saturated heterocycles. The van der Waals surface area contributed by atoms with Gasteiger partial charge in [-0.15, -0.1) is 0 Å². The molecule has 2 amide bonds. The normalized spacial score (nSPS) is 10.5. The largest absolute Gasteiger partial charge is 0.497 e. The van der Waals surface area contributed by atoms with Gasteiger partial charge in [0, 0.05) is 29.9 Å². The highest BCUT2D eigenvalue weighted by Crippen LogP contribution is 2.14. The van der Waals surface area contributed by atoms with E-state index in [-0.39, 0.29) is 11.8 Å². The molecule has 0 unspecified atom stereocenters. The molecule has 0 heterocycles. The maximum atomic E-state index is 12.3. The Morgan fingerprint density at radius 2 is 1.44 bits per heavy atom. The van der Waals surface area contributed by atoms with E-state index in [9.17, 15) is 9.59 Å². The van der Waals surface area contributed by atoms with Crippen LogP contribution in [0.15, 0.2) is 48.5 Å². The summed E-state index contributed by atoms with van der Waals surface area (Å²) in [5.41, 5.74) is 1.74. The van der Waals surface area contributed by atoms with Crippen molar-refractivity contribution in [2.24, 2.45) is 0 Å². The molecule has 0 spiro atoms. The third-order valence-corrected chi connectivity index (χ3v) is 4.37. The lowest BCUT2D eigenvalue weighted by Gasteiger charge is -2.18. The maximum absolute atomic E-state index is 12.3. The zero-order valence-electron chi connectivity index (χ0n) is 16.1. The second-order valence-corrected chi connectivity index (χ2v) is 6.04. The maximum Gasteiger partial charge on any atom is 0.255 e. The first kappa shape index (κ1) is 20.5. The van der Waals surface area contributed by atoms with Crippen LogP contribution in [0.25, 0.3) is 0 Å². The van der Waals surface area contributed by atoms with E-state index in [1.807, 2.05) is 0 Å². The van der Waals surface area contributed by atoms with Gasteiger partial charge in [-0.3, -0.25) is 9.59 Å². The van der Waals surface area contributed by atoms with E-state index in [0.717, 1.165) is 19.6 Å². The van der Waals surface area contributed by atoms with Crippen molar-refractivity contribution in [3.8, 4) is 5.75 Å². The van der Waals surface area contributed by atoms with Gasteiger partial charge in [-0.2, -0.15) is 0 Å². The molecule has 0 aliphatic carbocycles. The average molecular weight is 369 g/mol. The second-order valence-electron chi connectivity index (χ2n) is 6.04. The number of carbonyl (C=O) groups is 2. The number of carbonyl (C=O) groups excluding carboxylic acids is 2. The number of rotatable bonds is 9. The summed E-state index contributed by atoms with van der Waals surface area (Å²) in [5, 5.41) is 5.73. The summed E-state index contributed by atoms with van der Waals surface area (Å²) in [4.78, 5) is 26.7. The molecule has 0 bridgehead atoms. The summed E-state index contributed by atoms with van der Waals surface area (Å²) in [7, 11) is 1.58. The van der Waals surface area contributed by atoms with Crippen LogP contribution in [0.3, 0.4) is 0 Å². The molecule has 2 rings (SSSR count). The summed E-state index contributed by atoms with van der Waals surface area (Å²) in [6, 6.07) is 13.7. The van der Waals surface area contributed by atoms with Crippen LogP contribution < -0.4 is 15.4 Å². The van der Waals surface area contributed by atoms with Crippen molar-refractivity contribution < 1.29 is 14.3 Å². The van der Waals surface area contributed by atoms with Gasteiger partial charge in [-0.25, -0.2) is 0 Å². The van der Waals surface area contributed by atoms with E-state index >= 15 is 0 Å². The Labute approximate surface area is 160 Å². The first-order valence-electron chi connectivity index (χ1n) is 9.13. The summed E-state index contributed by atoms with van der Waals surface area (Å²) in [5.74, 6) is 0.368. The van der Waals surface area contributed by atoms with Gasteiger partial charge >= 0.3 is 0 Å². The zero-order chi connectivity index (χ0) is 19.6. The van der Waals surface area contributed by atoms with Crippen molar-refractivity contribution >= 4 is 17.5 Å². The highest BCUT2D eigenvalue weighted by Gasteiger charge is 2.09. The molecule has 2 aromatic rings. The minimum atomic E-state index is -0.214. The fourth-order valence-corrected chi connectivity index (χ4v) is 2.62. The topological polar surface area (TPSA) is 70.7 Å². The number of amides is 2. The monoisotopic (exact) mass is 369 g/mol. The lowest BCUT2D eigenvalue weighted by atomic mass is 10.1. The van der Waals surface area contributed by atoms with Gasteiger partial charge in [0.05, 0.1) is 7.11 Å². The van der Waals surface area contributed by atoms with E-state index in [4.69, 9.17) is 4.74 Å². The highest BCUT2D eigenvalue weighted by molar-refractivity contribution is 6.04. The van der Waals surface area contributed by atoms with Gasteiger partial charge in [0.2, 0.25) is 0 Å². The van der Waals surface area contributed by atoms with Crippen LogP contribution >= 0.6 is 0 Å². The Balaban J connectivity index is 1.88. The van der Waals surface area contributed by atoms with Gasteiger partial charge in [-0.05, 0) is 61.6 Å². The Morgan fingerprint density at radius 3 is 2.00 bits per heavy atom. The van der Waals surface area contributed by atoms with Crippen molar-refractivity contribution in [2.45, 2.75) is 13.8 Å². The third-order valence-electron chi connectivity index (χ3n) is 4.37. The number of nitrogens with one attached hydrogen (secondary N) is 2. The Bertz CT molecular complexity index is 738. The molecule has 6 heteroatoms. The van der Waals surface area contributed by atoms with E-state index in [1.54, 1.807) is 55.6 Å². The molecule has 0 atom stereocenters. The van der Waals surface area contributed by atoms with Gasteiger partial charge in [-0.1, -0.05) is 13.8 Å². The molecule has 0 aromatic heterocycles. The predicted octanol–water partition coefficient (Wildman–Crippen LogP) is 3.02. The van der Waals surface area contributed by atoms with Crippen LogP contribution in [-0.2, 0) is 0 Å². The summed E-state index contributed by atoms with van der Waals surface area (Å²) >= 11 is 0. The van der Waals surface area contributed by atoms with Crippen molar-refractivity contribution in [3.05, 3.63) is 59.7 Å². The fraction of sp³-hybridized carbons (Fsp3) is 0.333. The van der Waals surface area contributed by atoms with Gasteiger partial charge in [0.1, 0.15) is 5.75 Å². The number of methoxy groups -OCH3 is 1. The van der Waals surface area contributed by atoms with Crippen LogP contribution in [0.5, 0.6) is 5.75 Å². The van der Waals surface area contributed by atoms with Crippen molar-refractivity contribution in [1.82, 2.24) is 10.2 Å². The van der Waals surface area contributed by atoms with Crippen molar-refractivity contribution in [3.63, 3.8) is 0 Å². The standard InChI is InChI=1S/C21H27N3O3/c1-4-24(5-2)15-14-22-20(25)16-6-10-18(11-7-16)23-21(26)17-8-12-19(27-3)13-9-17/h6-13H,4-5,14-15H2,1-3H3,(H,22,25)(H,23,26). The van der Waals surface area contributed by atoms with E-state index < -0.39 is 0 Å². The molecule has 0 fully saturated rings. The number of hydrogen-bond acceptors (Lipinski definition) is 4. The number of ether oxygens (including phenoxy) is 1. The average Bonchev–Trinajstić information content (AvgIpc) is 2.71. The molecular formula is C21H27N3O3. The first-order valence-corrected chi connectivity index (χ1v) is 9.13. The second kappa shape index (κ2) is 10.3. The molecule has 2 N–H and O–H groups in total. The van der Waals surface area contributed by atoms with E-state index in [2.05, 4.69) is 29.4 Å². The SMILES string of the molecule is CCN(CC)CCNC(=O)c1ccc(NC(=O)c2ccc(OC)cc2)cc1. The minimum absolute atomic E-state index is 0.116. The minimum Gasteiger partial charge on any atom is -0.497 e. The molecule has 144 valence electrons. The van der Waals surface area contributed by atoms with Crippen LogP contribution in [0.4, 0.5) is 5.69 Å². The number of nitrogens with zero attached hydrogens (tertiary/aromatic N) is 1. The smallest absolute Gasteiger partial charge is 0.255 e. The molecule has 27 heavy (non-hydrogen) atoms. The summed E-state index contributed by atoms with van der Waals surface area (Å²) in [6.45, 7) is 7.57. The highest BCUT2D eigenvalue weighted by atomic mass is 16.5. The first-order chi connectivity index (χ1) is 13.1. The predicted molar refractivity (Wildman–Crippen MR) is 108 cm³/mol. The van der Waals surface area contributed by atoms with Crippen molar-refractivity contribution in [1.29, 1.82) is 0 Å². The van der Waals surface area contributed by atoms with Crippen LogP contribution in [-0.4, -0.2) is 50.0 Å². The Morgan fingerprint density at radius 1 is 0.889 bits per heavy atom.